The Labute approximate surface area is 136 Å². The Morgan fingerprint density at radius 2 is 2.04 bits per heavy atom. The van der Waals surface area contributed by atoms with Crippen LogP contribution in [-0.4, -0.2) is 19.4 Å². The number of nitrogens with zero attached hydrogens (tertiary/aromatic N) is 1. The van der Waals surface area contributed by atoms with Gasteiger partial charge >= 0.3 is 0 Å². The Morgan fingerprint density at radius 3 is 2.61 bits per heavy atom. The van der Waals surface area contributed by atoms with Crippen LogP contribution in [0.15, 0.2) is 23.1 Å². The van der Waals surface area contributed by atoms with E-state index < -0.39 is 14.9 Å². The molecule has 0 bridgehead atoms. The van der Waals surface area contributed by atoms with Crippen LogP contribution in [-0.2, 0) is 10.0 Å². The van der Waals surface area contributed by atoms with Crippen LogP contribution >= 0.6 is 0 Å². The Kier molecular flexibility index (Phi) is 5.59. The number of benzene rings is 1. The molecule has 1 atom stereocenters. The molecule has 0 spiro atoms. The van der Waals surface area contributed by atoms with Gasteiger partial charge < -0.3 is 5.32 Å². The quantitative estimate of drug-likeness (QED) is 0.584. The molecule has 1 aromatic carbocycles. The van der Waals surface area contributed by atoms with Crippen molar-refractivity contribution in [2.24, 2.45) is 11.1 Å². The van der Waals surface area contributed by atoms with Gasteiger partial charge in [-0.3, -0.25) is 10.1 Å². The number of nitro groups is 1. The minimum Gasteiger partial charge on any atom is -0.377 e. The summed E-state index contributed by atoms with van der Waals surface area (Å²) in [6, 6.07) is 3.77. The summed E-state index contributed by atoms with van der Waals surface area (Å²) in [6.07, 6.45) is 7.18. The smallest absolute Gasteiger partial charge is 0.293 e. The molecule has 3 N–H and O–H groups in total. The number of hydrogen-bond donors (Lipinski definition) is 2. The highest BCUT2D eigenvalue weighted by Gasteiger charge is 2.21. The fourth-order valence-electron chi connectivity index (χ4n) is 3.08. The molecule has 0 saturated heterocycles. The number of nitro benzene ring substituents is 1. The van der Waals surface area contributed by atoms with Crippen molar-refractivity contribution in [2.45, 2.75) is 56.4 Å². The minimum atomic E-state index is -3.96. The topological polar surface area (TPSA) is 115 Å². The monoisotopic (exact) mass is 341 g/mol. The van der Waals surface area contributed by atoms with Crippen LogP contribution in [0.1, 0.15) is 45.4 Å². The first kappa shape index (κ1) is 17.7. The van der Waals surface area contributed by atoms with Gasteiger partial charge in [0, 0.05) is 12.1 Å². The molecule has 0 amide bonds. The van der Waals surface area contributed by atoms with Crippen LogP contribution in [0.5, 0.6) is 0 Å². The zero-order chi connectivity index (χ0) is 17.0. The second-order valence-electron chi connectivity index (χ2n) is 6.25. The predicted octanol–water partition coefficient (Wildman–Crippen LogP) is 3.01. The molecule has 0 aromatic heterocycles. The number of hydrogen-bond acceptors (Lipinski definition) is 5. The predicted molar refractivity (Wildman–Crippen MR) is 88.7 cm³/mol. The Balaban J connectivity index is 2.07. The third kappa shape index (κ3) is 4.90. The molecule has 8 heteroatoms. The second kappa shape index (κ2) is 7.27. The maximum absolute atomic E-state index is 11.3. The highest BCUT2D eigenvalue weighted by molar-refractivity contribution is 7.89. The van der Waals surface area contributed by atoms with Crippen molar-refractivity contribution in [3.63, 3.8) is 0 Å². The number of nitrogens with two attached hydrogens (primary N) is 1. The number of anilines is 1. The average molecular weight is 341 g/mol. The van der Waals surface area contributed by atoms with E-state index in [2.05, 4.69) is 5.32 Å². The van der Waals surface area contributed by atoms with E-state index in [1.165, 1.54) is 37.8 Å². The first-order chi connectivity index (χ1) is 10.8. The molecule has 0 aliphatic heterocycles. The number of rotatable bonds is 7. The third-order valence-corrected chi connectivity index (χ3v) is 5.29. The lowest BCUT2D eigenvalue weighted by Crippen LogP contribution is -2.18. The molecule has 1 unspecified atom stereocenters. The lowest BCUT2D eigenvalue weighted by molar-refractivity contribution is -0.384. The SMILES string of the molecule is CC(CCC1CCCC1)Nc1ccc(S(N)(=O)=O)cc1[N+](=O)[O-]. The van der Waals surface area contributed by atoms with E-state index >= 15 is 0 Å². The highest BCUT2D eigenvalue weighted by Crippen LogP contribution is 2.31. The summed E-state index contributed by atoms with van der Waals surface area (Å²) >= 11 is 0. The molecular weight excluding hydrogens is 318 g/mol. The van der Waals surface area contributed by atoms with E-state index in [1.807, 2.05) is 6.92 Å². The average Bonchev–Trinajstić information content (AvgIpc) is 2.97. The molecule has 2 rings (SSSR count). The van der Waals surface area contributed by atoms with Gasteiger partial charge in [-0.1, -0.05) is 25.7 Å². The van der Waals surface area contributed by atoms with E-state index in [0.29, 0.717) is 5.69 Å². The molecule has 0 radical (unpaired) electrons. The van der Waals surface area contributed by atoms with Gasteiger partial charge in [0.15, 0.2) is 0 Å². The summed E-state index contributed by atoms with van der Waals surface area (Å²) in [5.41, 5.74) is 0.0468. The van der Waals surface area contributed by atoms with Gasteiger partial charge in [-0.2, -0.15) is 0 Å². The van der Waals surface area contributed by atoms with Crippen molar-refractivity contribution >= 4 is 21.4 Å². The molecule has 1 aromatic rings. The Morgan fingerprint density at radius 1 is 1.39 bits per heavy atom. The van der Waals surface area contributed by atoms with Gasteiger partial charge in [0.25, 0.3) is 5.69 Å². The Bertz CT molecular complexity index is 669. The summed E-state index contributed by atoms with van der Waals surface area (Å²) in [5, 5.41) is 19.3. The van der Waals surface area contributed by atoms with Crippen LogP contribution in [0.2, 0.25) is 0 Å². The van der Waals surface area contributed by atoms with E-state index in [-0.39, 0.29) is 16.6 Å². The van der Waals surface area contributed by atoms with Crippen LogP contribution in [0.25, 0.3) is 0 Å². The van der Waals surface area contributed by atoms with Gasteiger partial charge in [0.2, 0.25) is 10.0 Å². The fourth-order valence-corrected chi connectivity index (χ4v) is 3.62. The first-order valence-corrected chi connectivity index (χ1v) is 9.40. The van der Waals surface area contributed by atoms with Crippen molar-refractivity contribution in [3.8, 4) is 0 Å². The summed E-state index contributed by atoms with van der Waals surface area (Å²) < 4.78 is 22.7. The maximum Gasteiger partial charge on any atom is 0.293 e. The summed E-state index contributed by atoms with van der Waals surface area (Å²) in [5.74, 6) is 0.763. The zero-order valence-corrected chi connectivity index (χ0v) is 14.0. The van der Waals surface area contributed by atoms with Crippen molar-refractivity contribution in [1.82, 2.24) is 0 Å². The van der Waals surface area contributed by atoms with E-state index in [4.69, 9.17) is 5.14 Å². The number of primary sulfonamides is 1. The number of sulfonamides is 1. The molecule has 1 saturated carbocycles. The van der Waals surface area contributed by atoms with Gasteiger partial charge in [-0.15, -0.1) is 0 Å². The summed E-state index contributed by atoms with van der Waals surface area (Å²) in [6.45, 7) is 1.98. The van der Waals surface area contributed by atoms with Crippen molar-refractivity contribution in [2.75, 3.05) is 5.32 Å². The standard InChI is InChI=1S/C15H23N3O4S/c1-11(6-7-12-4-2-3-5-12)17-14-9-8-13(23(16,21)22)10-15(14)18(19)20/h8-12,17H,2-7H2,1H3,(H2,16,21,22). The first-order valence-electron chi connectivity index (χ1n) is 7.85. The van der Waals surface area contributed by atoms with Gasteiger partial charge in [0.1, 0.15) is 5.69 Å². The van der Waals surface area contributed by atoms with Crippen LogP contribution in [0, 0.1) is 16.0 Å². The van der Waals surface area contributed by atoms with Crippen molar-refractivity contribution in [3.05, 3.63) is 28.3 Å². The minimum absolute atomic E-state index is 0.0784. The maximum atomic E-state index is 11.3. The van der Waals surface area contributed by atoms with Gasteiger partial charge in [-0.05, 0) is 37.8 Å². The van der Waals surface area contributed by atoms with Crippen molar-refractivity contribution < 1.29 is 13.3 Å². The molecule has 128 valence electrons. The normalized spacial score (nSPS) is 17.1. The number of nitrogens with one attached hydrogen (secondary N) is 1. The van der Waals surface area contributed by atoms with Crippen LogP contribution in [0.4, 0.5) is 11.4 Å². The molecule has 1 aliphatic rings. The van der Waals surface area contributed by atoms with E-state index in [1.54, 1.807) is 0 Å². The second-order valence-corrected chi connectivity index (χ2v) is 7.82. The van der Waals surface area contributed by atoms with Gasteiger partial charge in [0.05, 0.1) is 9.82 Å². The third-order valence-electron chi connectivity index (χ3n) is 4.38. The van der Waals surface area contributed by atoms with E-state index in [9.17, 15) is 18.5 Å². The van der Waals surface area contributed by atoms with E-state index in [0.717, 1.165) is 24.8 Å². The lowest BCUT2D eigenvalue weighted by Gasteiger charge is -2.17. The fraction of sp³-hybridized carbons (Fsp3) is 0.600. The van der Waals surface area contributed by atoms with Crippen molar-refractivity contribution in [1.29, 1.82) is 0 Å². The molecule has 23 heavy (non-hydrogen) atoms. The Hall–Kier alpha value is -1.67. The summed E-state index contributed by atoms with van der Waals surface area (Å²) in [7, 11) is -3.96. The molecule has 1 fully saturated rings. The van der Waals surface area contributed by atoms with Gasteiger partial charge in [-0.25, -0.2) is 13.6 Å². The molecule has 0 heterocycles. The van der Waals surface area contributed by atoms with Crippen LogP contribution < -0.4 is 10.5 Å². The molecule has 1 aliphatic carbocycles. The zero-order valence-electron chi connectivity index (χ0n) is 13.2. The van der Waals surface area contributed by atoms with Crippen LogP contribution in [0.3, 0.4) is 0 Å². The molecule has 7 nitrogen and oxygen atoms in total. The molecular formula is C15H23N3O4S. The lowest BCUT2D eigenvalue weighted by atomic mass is 9.99. The highest BCUT2D eigenvalue weighted by atomic mass is 32.2. The largest absolute Gasteiger partial charge is 0.377 e. The summed E-state index contributed by atoms with van der Waals surface area (Å²) in [4.78, 5) is 10.3.